The number of carbonyl (C=O) groups excluding carboxylic acids is 3. The molecule has 152 valence electrons. The Labute approximate surface area is 168 Å². The average molecular weight is 397 g/mol. The van der Waals surface area contributed by atoms with Gasteiger partial charge in [-0.05, 0) is 48.4 Å². The van der Waals surface area contributed by atoms with Gasteiger partial charge in [0.2, 0.25) is 5.91 Å². The van der Waals surface area contributed by atoms with Crippen LogP contribution in [0, 0.1) is 0 Å². The molecular weight excluding hydrogens is 374 g/mol. The Balaban J connectivity index is 1.52. The minimum Gasteiger partial charge on any atom is -0.497 e. The van der Waals surface area contributed by atoms with Crippen LogP contribution in [-0.4, -0.2) is 49.6 Å². The third-order valence-corrected chi connectivity index (χ3v) is 4.65. The summed E-state index contributed by atoms with van der Waals surface area (Å²) >= 11 is 0. The molecule has 4 amide bonds. The van der Waals surface area contributed by atoms with Gasteiger partial charge in [-0.3, -0.25) is 14.5 Å². The lowest BCUT2D eigenvalue weighted by molar-refractivity contribution is -0.129. The van der Waals surface area contributed by atoms with Crippen molar-refractivity contribution in [1.82, 2.24) is 10.2 Å². The molecular formula is C21H23N3O5. The number of rotatable bonds is 8. The number of hydrogen-bond donors (Lipinski definition) is 2. The molecule has 0 aromatic heterocycles. The van der Waals surface area contributed by atoms with Crippen LogP contribution >= 0.6 is 0 Å². The van der Waals surface area contributed by atoms with E-state index in [1.807, 2.05) is 24.3 Å². The number of anilines is 1. The largest absolute Gasteiger partial charge is 0.497 e. The highest BCUT2D eigenvalue weighted by Crippen LogP contribution is 2.17. The molecule has 29 heavy (non-hydrogen) atoms. The van der Waals surface area contributed by atoms with E-state index in [2.05, 4.69) is 10.6 Å². The van der Waals surface area contributed by atoms with Crippen molar-refractivity contribution in [3.05, 3.63) is 54.1 Å². The van der Waals surface area contributed by atoms with E-state index in [1.54, 1.807) is 38.5 Å². The lowest BCUT2D eigenvalue weighted by atomic mass is 10.1. The summed E-state index contributed by atoms with van der Waals surface area (Å²) in [5.41, 5.74) is 1.57. The van der Waals surface area contributed by atoms with Crippen molar-refractivity contribution in [1.29, 1.82) is 0 Å². The summed E-state index contributed by atoms with van der Waals surface area (Å²) in [6.07, 6.45) is 0.392. The molecule has 1 aliphatic heterocycles. The summed E-state index contributed by atoms with van der Waals surface area (Å²) in [4.78, 5) is 38.1. The second-order valence-electron chi connectivity index (χ2n) is 6.57. The van der Waals surface area contributed by atoms with Gasteiger partial charge in [0.1, 0.15) is 17.5 Å². The predicted octanol–water partition coefficient (Wildman–Crippen LogP) is 2.20. The molecule has 3 rings (SSSR count). The van der Waals surface area contributed by atoms with Gasteiger partial charge >= 0.3 is 6.03 Å². The molecule has 2 aromatic rings. The summed E-state index contributed by atoms with van der Waals surface area (Å²) in [5, 5.41) is 5.29. The first-order valence-corrected chi connectivity index (χ1v) is 9.19. The Morgan fingerprint density at radius 3 is 2.17 bits per heavy atom. The second kappa shape index (κ2) is 9.09. The van der Waals surface area contributed by atoms with E-state index < -0.39 is 18.0 Å². The standard InChI is InChI=1S/C21H23N3O5/c1-28-16-7-3-14(4-8-16)11-12-24-20(26)18(23-21(24)27)13-19(25)22-15-5-9-17(29-2)10-6-15/h3-10,18H,11-13H2,1-2H3,(H,22,25)(H,23,27)/t18-/m0/s1. The zero-order chi connectivity index (χ0) is 20.8. The molecule has 8 nitrogen and oxygen atoms in total. The van der Waals surface area contributed by atoms with Crippen molar-refractivity contribution < 1.29 is 23.9 Å². The van der Waals surface area contributed by atoms with Gasteiger partial charge in [-0.1, -0.05) is 12.1 Å². The number of hydrogen-bond acceptors (Lipinski definition) is 5. The fraction of sp³-hybridized carbons (Fsp3) is 0.286. The van der Waals surface area contributed by atoms with E-state index in [4.69, 9.17) is 9.47 Å². The third kappa shape index (κ3) is 5.04. The Kier molecular flexibility index (Phi) is 6.33. The van der Waals surface area contributed by atoms with Crippen molar-refractivity contribution in [2.75, 3.05) is 26.1 Å². The Morgan fingerprint density at radius 1 is 1.00 bits per heavy atom. The predicted molar refractivity (Wildman–Crippen MR) is 107 cm³/mol. The number of carbonyl (C=O) groups is 3. The van der Waals surface area contributed by atoms with Crippen LogP contribution in [-0.2, 0) is 16.0 Å². The molecule has 1 saturated heterocycles. The third-order valence-electron chi connectivity index (χ3n) is 4.65. The molecule has 2 N–H and O–H groups in total. The number of ether oxygens (including phenoxy) is 2. The van der Waals surface area contributed by atoms with Crippen LogP contribution in [0.5, 0.6) is 11.5 Å². The number of imide groups is 1. The first-order chi connectivity index (χ1) is 14.0. The maximum absolute atomic E-state index is 12.5. The van der Waals surface area contributed by atoms with Gasteiger partial charge in [0.15, 0.2) is 0 Å². The van der Waals surface area contributed by atoms with Gasteiger partial charge in [-0.25, -0.2) is 4.79 Å². The van der Waals surface area contributed by atoms with Gasteiger partial charge < -0.3 is 20.1 Å². The van der Waals surface area contributed by atoms with Gasteiger partial charge in [-0.2, -0.15) is 0 Å². The molecule has 0 bridgehead atoms. The van der Waals surface area contributed by atoms with E-state index in [1.165, 1.54) is 0 Å². The minimum atomic E-state index is -0.864. The van der Waals surface area contributed by atoms with Gasteiger partial charge in [0.05, 0.1) is 20.6 Å². The highest BCUT2D eigenvalue weighted by molar-refractivity contribution is 6.06. The maximum Gasteiger partial charge on any atom is 0.324 e. The topological polar surface area (TPSA) is 97.0 Å². The van der Waals surface area contributed by atoms with Crippen molar-refractivity contribution in [3.63, 3.8) is 0 Å². The molecule has 2 aromatic carbocycles. The number of nitrogens with one attached hydrogen (secondary N) is 2. The highest BCUT2D eigenvalue weighted by Gasteiger charge is 2.38. The molecule has 1 fully saturated rings. The molecule has 0 unspecified atom stereocenters. The smallest absolute Gasteiger partial charge is 0.324 e. The Morgan fingerprint density at radius 2 is 1.59 bits per heavy atom. The maximum atomic E-state index is 12.5. The summed E-state index contributed by atoms with van der Waals surface area (Å²) in [6.45, 7) is 0.244. The number of urea groups is 1. The zero-order valence-electron chi connectivity index (χ0n) is 16.3. The average Bonchev–Trinajstić information content (AvgIpc) is 2.99. The zero-order valence-corrected chi connectivity index (χ0v) is 16.3. The summed E-state index contributed by atoms with van der Waals surface area (Å²) in [7, 11) is 3.15. The first kappa shape index (κ1) is 20.2. The molecule has 0 aliphatic carbocycles. The number of amides is 4. The fourth-order valence-corrected chi connectivity index (χ4v) is 3.03. The van der Waals surface area contributed by atoms with Crippen LogP contribution in [0.4, 0.5) is 10.5 Å². The summed E-state index contributed by atoms with van der Waals surface area (Å²) in [6, 6.07) is 12.9. The van der Waals surface area contributed by atoms with Crippen molar-refractivity contribution in [2.24, 2.45) is 0 Å². The molecule has 1 heterocycles. The van der Waals surface area contributed by atoms with Crippen molar-refractivity contribution >= 4 is 23.5 Å². The highest BCUT2D eigenvalue weighted by atomic mass is 16.5. The quantitative estimate of drug-likeness (QED) is 0.666. The Bertz CT molecular complexity index is 880. The van der Waals surface area contributed by atoms with Crippen LogP contribution < -0.4 is 20.1 Å². The van der Waals surface area contributed by atoms with E-state index in [0.717, 1.165) is 16.2 Å². The van der Waals surface area contributed by atoms with Gasteiger partial charge in [0, 0.05) is 12.2 Å². The first-order valence-electron chi connectivity index (χ1n) is 9.19. The molecule has 8 heteroatoms. The fourth-order valence-electron chi connectivity index (χ4n) is 3.03. The van der Waals surface area contributed by atoms with Crippen LogP contribution in [0.25, 0.3) is 0 Å². The van der Waals surface area contributed by atoms with Crippen LogP contribution in [0.1, 0.15) is 12.0 Å². The van der Waals surface area contributed by atoms with Crippen molar-refractivity contribution in [3.8, 4) is 11.5 Å². The van der Waals surface area contributed by atoms with Crippen LogP contribution in [0.15, 0.2) is 48.5 Å². The number of nitrogens with zero attached hydrogens (tertiary/aromatic N) is 1. The van der Waals surface area contributed by atoms with Crippen LogP contribution in [0.3, 0.4) is 0 Å². The van der Waals surface area contributed by atoms with E-state index >= 15 is 0 Å². The lowest BCUT2D eigenvalue weighted by Gasteiger charge is -2.13. The molecule has 0 saturated carbocycles. The van der Waals surface area contributed by atoms with E-state index in [0.29, 0.717) is 17.9 Å². The summed E-state index contributed by atoms with van der Waals surface area (Å²) < 4.78 is 10.2. The number of benzene rings is 2. The van der Waals surface area contributed by atoms with Crippen LogP contribution in [0.2, 0.25) is 0 Å². The molecule has 0 spiro atoms. The lowest BCUT2D eigenvalue weighted by Crippen LogP contribution is -2.34. The van der Waals surface area contributed by atoms with Gasteiger partial charge in [-0.15, -0.1) is 0 Å². The molecule has 1 atom stereocenters. The second-order valence-corrected chi connectivity index (χ2v) is 6.57. The molecule has 1 aliphatic rings. The SMILES string of the molecule is COc1ccc(CCN2C(=O)N[C@@H](CC(=O)Nc3ccc(OC)cc3)C2=O)cc1. The number of methoxy groups -OCH3 is 2. The summed E-state index contributed by atoms with van der Waals surface area (Å²) in [5.74, 6) is 0.666. The van der Waals surface area contributed by atoms with E-state index in [9.17, 15) is 14.4 Å². The van der Waals surface area contributed by atoms with Gasteiger partial charge in [0.25, 0.3) is 5.91 Å². The van der Waals surface area contributed by atoms with Crippen molar-refractivity contribution in [2.45, 2.75) is 18.9 Å². The monoisotopic (exact) mass is 397 g/mol. The minimum absolute atomic E-state index is 0.129. The molecule has 0 radical (unpaired) electrons. The van der Waals surface area contributed by atoms with E-state index in [-0.39, 0.29) is 18.9 Å². The normalized spacial score (nSPS) is 15.8. The Hall–Kier alpha value is -3.55.